The van der Waals surface area contributed by atoms with Crippen LogP contribution in [0.4, 0.5) is 5.95 Å². The van der Waals surface area contributed by atoms with Crippen LogP contribution in [-0.2, 0) is 4.74 Å². The van der Waals surface area contributed by atoms with Crippen molar-refractivity contribution in [2.75, 3.05) is 31.6 Å². The number of aryl methyl sites for hydroxylation is 1. The van der Waals surface area contributed by atoms with Gasteiger partial charge in [-0.15, -0.1) is 5.10 Å². The molecule has 1 spiro atoms. The van der Waals surface area contributed by atoms with Crippen LogP contribution in [0.1, 0.15) is 37.5 Å². The molecule has 0 amide bonds. The smallest absolute Gasteiger partial charge is 0.241 e. The molecule has 2 saturated heterocycles. The third-order valence-corrected chi connectivity index (χ3v) is 7.70. The van der Waals surface area contributed by atoms with E-state index in [2.05, 4.69) is 39.2 Å². The molecule has 0 bridgehead atoms. The molecule has 0 radical (unpaired) electrons. The highest BCUT2D eigenvalue weighted by Crippen LogP contribution is 2.45. The maximum atomic E-state index is 5.57. The standard InChI is InChI=1S/C24H28N8O/c1-15-28-22-20(32(15)18-3-6-33-7-4-18)8-16(11-26-22)19-2-5-31-21(19)12-27-23(30-31)29-17-9-24(10-17)13-25-14-24/h2,5,8,11-12,17-18,25H,3-4,6-7,9-10,13-14H2,1H3,(H,29,30). The van der Waals surface area contributed by atoms with E-state index >= 15 is 0 Å². The second-order valence-corrected chi connectivity index (χ2v) is 9.93. The van der Waals surface area contributed by atoms with Crippen LogP contribution in [0.5, 0.6) is 0 Å². The number of aromatic nitrogens is 6. The van der Waals surface area contributed by atoms with Crippen molar-refractivity contribution < 1.29 is 4.74 Å². The SMILES string of the molecule is Cc1nc2ncc(-c3ccn4nc(NC5CC6(CNC6)C5)ncc34)cc2n1C1CCOCC1. The molecule has 33 heavy (non-hydrogen) atoms. The van der Waals surface area contributed by atoms with Crippen molar-refractivity contribution in [2.24, 2.45) is 5.41 Å². The van der Waals surface area contributed by atoms with Crippen molar-refractivity contribution in [2.45, 2.75) is 44.7 Å². The predicted octanol–water partition coefficient (Wildman–Crippen LogP) is 2.96. The number of nitrogens with zero attached hydrogens (tertiary/aromatic N) is 6. The zero-order valence-electron chi connectivity index (χ0n) is 18.8. The number of nitrogens with one attached hydrogen (secondary N) is 2. The first kappa shape index (κ1) is 19.4. The van der Waals surface area contributed by atoms with E-state index in [1.54, 1.807) is 0 Å². The quantitative estimate of drug-likeness (QED) is 0.500. The van der Waals surface area contributed by atoms with E-state index in [-0.39, 0.29) is 0 Å². The van der Waals surface area contributed by atoms with Crippen molar-refractivity contribution >= 4 is 22.6 Å². The number of fused-ring (bicyclic) bond motifs is 2. The summed E-state index contributed by atoms with van der Waals surface area (Å²) in [4.78, 5) is 14.0. The lowest BCUT2D eigenvalue weighted by molar-refractivity contribution is 0.0467. The number of pyridine rings is 1. The summed E-state index contributed by atoms with van der Waals surface area (Å²) in [5, 5.41) is 11.6. The fourth-order valence-corrected chi connectivity index (χ4v) is 5.89. The minimum absolute atomic E-state index is 0.407. The summed E-state index contributed by atoms with van der Waals surface area (Å²) in [5.41, 5.74) is 5.53. The Kier molecular flexibility index (Phi) is 4.26. The van der Waals surface area contributed by atoms with E-state index in [4.69, 9.17) is 19.8 Å². The Bertz CT molecular complexity index is 1340. The summed E-state index contributed by atoms with van der Waals surface area (Å²) in [6.07, 6.45) is 10.2. The highest BCUT2D eigenvalue weighted by molar-refractivity contribution is 5.85. The van der Waals surface area contributed by atoms with Gasteiger partial charge in [0, 0.05) is 61.9 Å². The first-order valence-electron chi connectivity index (χ1n) is 11.9. The van der Waals surface area contributed by atoms with Gasteiger partial charge in [0.25, 0.3) is 0 Å². The largest absolute Gasteiger partial charge is 0.381 e. The number of imidazole rings is 1. The third-order valence-electron chi connectivity index (χ3n) is 7.70. The molecule has 9 nitrogen and oxygen atoms in total. The van der Waals surface area contributed by atoms with Gasteiger partial charge < -0.3 is 19.9 Å². The molecule has 170 valence electrons. The molecule has 9 heteroatoms. The first-order valence-corrected chi connectivity index (χ1v) is 11.9. The van der Waals surface area contributed by atoms with Gasteiger partial charge in [-0.1, -0.05) is 0 Å². The summed E-state index contributed by atoms with van der Waals surface area (Å²) in [7, 11) is 0. The van der Waals surface area contributed by atoms with Crippen molar-refractivity contribution in [1.82, 2.24) is 34.4 Å². The van der Waals surface area contributed by atoms with Crippen molar-refractivity contribution in [3.63, 3.8) is 0 Å². The van der Waals surface area contributed by atoms with Crippen LogP contribution in [0.2, 0.25) is 0 Å². The third kappa shape index (κ3) is 3.13. The Morgan fingerprint density at radius 1 is 1.12 bits per heavy atom. The summed E-state index contributed by atoms with van der Waals surface area (Å²) in [6, 6.07) is 5.18. The van der Waals surface area contributed by atoms with Crippen LogP contribution in [0.3, 0.4) is 0 Å². The van der Waals surface area contributed by atoms with Crippen LogP contribution in [0, 0.1) is 12.3 Å². The molecule has 4 aromatic rings. The molecule has 7 rings (SSSR count). The minimum Gasteiger partial charge on any atom is -0.381 e. The van der Waals surface area contributed by atoms with Gasteiger partial charge in [0.1, 0.15) is 5.82 Å². The second-order valence-electron chi connectivity index (χ2n) is 9.93. The molecule has 1 saturated carbocycles. The van der Waals surface area contributed by atoms with Crippen LogP contribution in [0.25, 0.3) is 27.8 Å². The van der Waals surface area contributed by atoms with Gasteiger partial charge in [0.05, 0.1) is 17.2 Å². The number of hydrogen-bond acceptors (Lipinski definition) is 7. The zero-order chi connectivity index (χ0) is 22.0. The Morgan fingerprint density at radius 2 is 1.97 bits per heavy atom. The number of hydrogen-bond donors (Lipinski definition) is 2. The van der Waals surface area contributed by atoms with Crippen molar-refractivity contribution in [3.8, 4) is 11.1 Å². The average molecular weight is 445 g/mol. The zero-order valence-corrected chi connectivity index (χ0v) is 18.8. The van der Waals surface area contributed by atoms with Gasteiger partial charge in [0.2, 0.25) is 5.95 Å². The molecule has 1 aliphatic carbocycles. The molecule has 3 aliphatic rings. The number of rotatable bonds is 4. The van der Waals surface area contributed by atoms with Crippen LogP contribution in [0.15, 0.2) is 30.7 Å². The van der Waals surface area contributed by atoms with E-state index in [0.717, 1.165) is 72.8 Å². The molecule has 6 heterocycles. The summed E-state index contributed by atoms with van der Waals surface area (Å²) < 4.78 is 9.82. The summed E-state index contributed by atoms with van der Waals surface area (Å²) >= 11 is 0. The molecule has 0 atom stereocenters. The average Bonchev–Trinajstić information content (AvgIpc) is 3.34. The lowest BCUT2D eigenvalue weighted by atomic mass is 9.62. The fraction of sp³-hybridized carbons (Fsp3) is 0.500. The Hall–Kier alpha value is -3.04. The van der Waals surface area contributed by atoms with E-state index < -0.39 is 0 Å². The van der Waals surface area contributed by atoms with E-state index in [0.29, 0.717) is 23.4 Å². The second kappa shape index (κ2) is 7.23. The molecular weight excluding hydrogens is 416 g/mol. The maximum Gasteiger partial charge on any atom is 0.241 e. The molecule has 2 N–H and O–H groups in total. The molecule has 4 aromatic heterocycles. The van der Waals surface area contributed by atoms with Gasteiger partial charge in [-0.3, -0.25) is 0 Å². The van der Waals surface area contributed by atoms with Crippen LogP contribution >= 0.6 is 0 Å². The molecule has 0 aromatic carbocycles. The topological polar surface area (TPSA) is 94.2 Å². The van der Waals surface area contributed by atoms with E-state index in [9.17, 15) is 0 Å². The molecule has 2 aliphatic heterocycles. The van der Waals surface area contributed by atoms with Gasteiger partial charge in [-0.05, 0) is 50.2 Å². The number of ether oxygens (including phenoxy) is 1. The van der Waals surface area contributed by atoms with Crippen LogP contribution in [-0.4, -0.2) is 61.5 Å². The first-order chi connectivity index (χ1) is 16.2. The highest BCUT2D eigenvalue weighted by Gasteiger charge is 2.48. The Balaban J connectivity index is 1.19. The van der Waals surface area contributed by atoms with Gasteiger partial charge >= 0.3 is 0 Å². The van der Waals surface area contributed by atoms with E-state index in [1.165, 1.54) is 12.8 Å². The monoisotopic (exact) mass is 444 g/mol. The lowest BCUT2D eigenvalue weighted by Gasteiger charge is -2.54. The molecule has 0 unspecified atom stereocenters. The number of anilines is 1. The maximum absolute atomic E-state index is 5.57. The van der Waals surface area contributed by atoms with E-state index in [1.807, 2.05) is 23.1 Å². The Labute approximate surface area is 191 Å². The minimum atomic E-state index is 0.407. The van der Waals surface area contributed by atoms with Gasteiger partial charge in [0.15, 0.2) is 5.65 Å². The summed E-state index contributed by atoms with van der Waals surface area (Å²) in [6.45, 7) is 5.97. The highest BCUT2D eigenvalue weighted by atomic mass is 16.5. The normalized spacial score (nSPS) is 20.9. The van der Waals surface area contributed by atoms with Crippen LogP contribution < -0.4 is 10.6 Å². The summed E-state index contributed by atoms with van der Waals surface area (Å²) in [5.74, 6) is 1.70. The lowest BCUT2D eigenvalue weighted by Crippen LogP contribution is -2.63. The van der Waals surface area contributed by atoms with Crippen molar-refractivity contribution in [3.05, 3.63) is 36.5 Å². The molecule has 3 fully saturated rings. The van der Waals surface area contributed by atoms with Gasteiger partial charge in [-0.25, -0.2) is 19.5 Å². The molecular formula is C24H28N8O. The van der Waals surface area contributed by atoms with Crippen molar-refractivity contribution in [1.29, 1.82) is 0 Å². The Morgan fingerprint density at radius 3 is 2.76 bits per heavy atom. The fourth-order valence-electron chi connectivity index (χ4n) is 5.89. The predicted molar refractivity (Wildman–Crippen MR) is 125 cm³/mol. The van der Waals surface area contributed by atoms with Gasteiger partial charge in [-0.2, -0.15) is 0 Å².